The van der Waals surface area contributed by atoms with Crippen molar-refractivity contribution in [3.05, 3.63) is 63.6 Å². The van der Waals surface area contributed by atoms with E-state index in [4.69, 9.17) is 4.74 Å². The number of aryl methyl sites for hydroxylation is 1. The number of carbonyl (C=O) groups excluding carboxylic acids is 1. The lowest BCUT2D eigenvalue weighted by Gasteiger charge is -2.19. The molecule has 2 rings (SSSR count). The number of hydrogen-bond donors (Lipinski definition) is 2. The molecule has 0 saturated heterocycles. The summed E-state index contributed by atoms with van der Waals surface area (Å²) in [5, 5.41) is 2.90. The molecule has 0 fully saturated rings. The molecule has 0 aliphatic heterocycles. The smallest absolute Gasteiger partial charge is 0.260 e. The molecular formula is C17H20N2O3. The lowest BCUT2D eigenvalue weighted by atomic mass is 10.0. The van der Waals surface area contributed by atoms with Crippen LogP contribution in [0.4, 0.5) is 0 Å². The van der Waals surface area contributed by atoms with Crippen LogP contribution in [0.3, 0.4) is 0 Å². The number of rotatable bonds is 5. The van der Waals surface area contributed by atoms with E-state index >= 15 is 0 Å². The summed E-state index contributed by atoms with van der Waals surface area (Å²) in [5.41, 5.74) is 1.34. The minimum absolute atomic E-state index is 0.110. The summed E-state index contributed by atoms with van der Waals surface area (Å²) in [7, 11) is 1.60. The number of carbonyl (C=O) groups is 1. The van der Waals surface area contributed by atoms with Gasteiger partial charge in [0.15, 0.2) is 0 Å². The summed E-state index contributed by atoms with van der Waals surface area (Å²) in [6.07, 6.45) is 0.690. The van der Waals surface area contributed by atoms with Crippen LogP contribution in [-0.4, -0.2) is 18.0 Å². The van der Waals surface area contributed by atoms with Crippen LogP contribution in [0.5, 0.6) is 5.75 Å². The summed E-state index contributed by atoms with van der Waals surface area (Å²) in [5.74, 6) is 0.325. The summed E-state index contributed by atoms with van der Waals surface area (Å²) in [4.78, 5) is 26.8. The van der Waals surface area contributed by atoms with E-state index in [1.807, 2.05) is 31.2 Å². The van der Waals surface area contributed by atoms with Crippen LogP contribution < -0.4 is 15.6 Å². The molecule has 0 saturated carbocycles. The van der Waals surface area contributed by atoms with Crippen molar-refractivity contribution in [1.29, 1.82) is 0 Å². The first-order valence-electron chi connectivity index (χ1n) is 7.20. The number of aromatic amines is 1. The van der Waals surface area contributed by atoms with Gasteiger partial charge in [-0.15, -0.1) is 0 Å². The molecule has 1 atom stereocenters. The van der Waals surface area contributed by atoms with E-state index in [-0.39, 0.29) is 23.1 Å². The fraction of sp³-hybridized carbons (Fsp3) is 0.294. The molecule has 0 bridgehead atoms. The number of nitrogens with one attached hydrogen (secondary N) is 2. The van der Waals surface area contributed by atoms with Crippen molar-refractivity contribution in [2.24, 2.45) is 0 Å². The first-order chi connectivity index (χ1) is 10.6. The second-order valence-electron chi connectivity index (χ2n) is 5.06. The molecule has 116 valence electrons. The van der Waals surface area contributed by atoms with E-state index in [2.05, 4.69) is 10.3 Å². The van der Waals surface area contributed by atoms with Crippen molar-refractivity contribution in [3.8, 4) is 5.75 Å². The van der Waals surface area contributed by atoms with E-state index in [1.54, 1.807) is 26.2 Å². The molecule has 0 radical (unpaired) electrons. The number of ether oxygens (including phenoxy) is 1. The topological polar surface area (TPSA) is 71.2 Å². The van der Waals surface area contributed by atoms with Crippen LogP contribution in [0.25, 0.3) is 0 Å². The average Bonchev–Trinajstić information content (AvgIpc) is 2.52. The molecule has 1 unspecified atom stereocenters. The van der Waals surface area contributed by atoms with Gasteiger partial charge >= 0.3 is 0 Å². The van der Waals surface area contributed by atoms with Gasteiger partial charge in [-0.05, 0) is 31.5 Å². The fourth-order valence-electron chi connectivity index (χ4n) is 2.34. The second-order valence-corrected chi connectivity index (χ2v) is 5.06. The Morgan fingerprint density at radius 1 is 1.27 bits per heavy atom. The zero-order valence-electron chi connectivity index (χ0n) is 13.0. The van der Waals surface area contributed by atoms with E-state index < -0.39 is 0 Å². The standard InChI is InChI=1S/C17H20N2O3/c1-4-14(12-7-5-6-8-15(12)22-3)19-17(21)13-10-9-11(2)18-16(13)20/h5-10,14H,4H2,1-3H3,(H,18,20)(H,19,21). The number of para-hydroxylation sites is 1. The van der Waals surface area contributed by atoms with E-state index in [0.29, 0.717) is 12.2 Å². The molecule has 2 N–H and O–H groups in total. The van der Waals surface area contributed by atoms with Crippen molar-refractivity contribution in [2.75, 3.05) is 7.11 Å². The summed E-state index contributed by atoms with van der Waals surface area (Å²) in [6.45, 7) is 3.74. The molecule has 0 spiro atoms. The van der Waals surface area contributed by atoms with Crippen LogP contribution in [0.15, 0.2) is 41.2 Å². The highest BCUT2D eigenvalue weighted by atomic mass is 16.5. The number of hydrogen-bond acceptors (Lipinski definition) is 3. The van der Waals surface area contributed by atoms with Gasteiger partial charge in [0.25, 0.3) is 11.5 Å². The zero-order chi connectivity index (χ0) is 16.1. The highest BCUT2D eigenvalue weighted by Gasteiger charge is 2.19. The van der Waals surface area contributed by atoms with Crippen LogP contribution in [-0.2, 0) is 0 Å². The monoisotopic (exact) mass is 300 g/mol. The first kappa shape index (κ1) is 15.8. The van der Waals surface area contributed by atoms with Gasteiger partial charge in [-0.2, -0.15) is 0 Å². The van der Waals surface area contributed by atoms with Crippen LogP contribution >= 0.6 is 0 Å². The Bertz CT molecular complexity index is 722. The van der Waals surface area contributed by atoms with Gasteiger partial charge in [0.05, 0.1) is 13.2 Å². The molecule has 0 aliphatic rings. The number of amides is 1. The van der Waals surface area contributed by atoms with E-state index in [1.165, 1.54) is 0 Å². The van der Waals surface area contributed by atoms with Gasteiger partial charge in [0, 0.05) is 11.3 Å². The number of H-pyrrole nitrogens is 1. The molecule has 1 amide bonds. The predicted octanol–water partition coefficient (Wildman–Crippen LogP) is 2.57. The predicted molar refractivity (Wildman–Crippen MR) is 85.3 cm³/mol. The Labute approximate surface area is 129 Å². The van der Waals surface area contributed by atoms with Crippen molar-refractivity contribution < 1.29 is 9.53 Å². The highest BCUT2D eigenvalue weighted by Crippen LogP contribution is 2.26. The quantitative estimate of drug-likeness (QED) is 0.891. The Morgan fingerprint density at radius 3 is 2.64 bits per heavy atom. The lowest BCUT2D eigenvalue weighted by molar-refractivity contribution is 0.0933. The van der Waals surface area contributed by atoms with Crippen LogP contribution in [0.1, 0.15) is 41.0 Å². The molecule has 1 aromatic carbocycles. The molecule has 5 nitrogen and oxygen atoms in total. The minimum Gasteiger partial charge on any atom is -0.496 e. The number of pyridine rings is 1. The highest BCUT2D eigenvalue weighted by molar-refractivity contribution is 5.94. The largest absolute Gasteiger partial charge is 0.496 e. The Morgan fingerprint density at radius 2 is 2.00 bits per heavy atom. The molecule has 1 aromatic heterocycles. The number of methoxy groups -OCH3 is 1. The Hall–Kier alpha value is -2.56. The first-order valence-corrected chi connectivity index (χ1v) is 7.20. The van der Waals surface area contributed by atoms with Gasteiger partial charge in [-0.1, -0.05) is 25.1 Å². The molecule has 5 heteroatoms. The summed E-state index contributed by atoms with van der Waals surface area (Å²) >= 11 is 0. The second kappa shape index (κ2) is 6.93. The molecule has 22 heavy (non-hydrogen) atoms. The van der Waals surface area contributed by atoms with Gasteiger partial charge in [0.1, 0.15) is 11.3 Å². The zero-order valence-corrected chi connectivity index (χ0v) is 13.0. The summed E-state index contributed by atoms with van der Waals surface area (Å²) in [6, 6.07) is 10.6. The van der Waals surface area contributed by atoms with Crippen molar-refractivity contribution in [3.63, 3.8) is 0 Å². The molecular weight excluding hydrogens is 280 g/mol. The van der Waals surface area contributed by atoms with Gasteiger partial charge in [0.2, 0.25) is 0 Å². The normalized spacial score (nSPS) is 11.8. The fourth-order valence-corrected chi connectivity index (χ4v) is 2.34. The maximum absolute atomic E-state index is 12.3. The van der Waals surface area contributed by atoms with E-state index in [0.717, 1.165) is 11.3 Å². The molecule has 0 aliphatic carbocycles. The maximum atomic E-state index is 12.3. The maximum Gasteiger partial charge on any atom is 0.260 e. The number of benzene rings is 1. The van der Waals surface area contributed by atoms with Crippen molar-refractivity contribution in [2.45, 2.75) is 26.3 Å². The number of aromatic nitrogens is 1. The Kier molecular flexibility index (Phi) is 4.99. The van der Waals surface area contributed by atoms with Crippen LogP contribution in [0.2, 0.25) is 0 Å². The van der Waals surface area contributed by atoms with Gasteiger partial charge in [-0.3, -0.25) is 9.59 Å². The van der Waals surface area contributed by atoms with Crippen LogP contribution in [0, 0.1) is 6.92 Å². The van der Waals surface area contributed by atoms with Gasteiger partial charge in [-0.25, -0.2) is 0 Å². The molecule has 1 heterocycles. The molecule has 2 aromatic rings. The Balaban J connectivity index is 2.26. The summed E-state index contributed by atoms with van der Waals surface area (Å²) < 4.78 is 5.34. The van der Waals surface area contributed by atoms with Crippen molar-refractivity contribution >= 4 is 5.91 Å². The average molecular weight is 300 g/mol. The third-order valence-corrected chi connectivity index (χ3v) is 3.53. The minimum atomic E-state index is -0.390. The SMILES string of the molecule is CCC(NC(=O)c1ccc(C)[nH]c1=O)c1ccccc1OC. The van der Waals surface area contributed by atoms with E-state index in [9.17, 15) is 9.59 Å². The third-order valence-electron chi connectivity index (χ3n) is 3.53. The van der Waals surface area contributed by atoms with Crippen molar-refractivity contribution in [1.82, 2.24) is 10.3 Å². The third kappa shape index (κ3) is 3.36. The lowest BCUT2D eigenvalue weighted by Crippen LogP contribution is -2.32. The van der Waals surface area contributed by atoms with Gasteiger partial charge < -0.3 is 15.0 Å².